The molecule has 1 heterocycles. The van der Waals surface area contributed by atoms with Crippen molar-refractivity contribution in [1.82, 2.24) is 4.90 Å². The molecule has 2 unspecified atom stereocenters. The third kappa shape index (κ3) is 4.45. The molecule has 0 aromatic heterocycles. The van der Waals surface area contributed by atoms with Gasteiger partial charge in [-0.1, -0.05) is 41.9 Å². The number of hydrogen-bond donors (Lipinski definition) is 1. The highest BCUT2D eigenvalue weighted by Gasteiger charge is 2.34. The second kappa shape index (κ2) is 7.90. The Labute approximate surface area is 160 Å². The van der Waals surface area contributed by atoms with Crippen LogP contribution in [0.25, 0.3) is 0 Å². The van der Waals surface area contributed by atoms with Gasteiger partial charge in [0.15, 0.2) is 0 Å². The Hall–Kier alpha value is -2.05. The predicted molar refractivity (Wildman–Crippen MR) is 96.7 cm³/mol. The van der Waals surface area contributed by atoms with Gasteiger partial charge in [-0.05, 0) is 48.7 Å². The number of carboxylic acid groups (broad SMARTS) is 1. The lowest BCUT2D eigenvalue weighted by Gasteiger charge is -2.38. The molecule has 7 heteroatoms. The number of carboxylic acids is 1. The molecule has 2 atom stereocenters. The summed E-state index contributed by atoms with van der Waals surface area (Å²) >= 11 is 6.35. The number of carbonyl (C=O) groups is 1. The average Bonchev–Trinajstić information content (AvgIpc) is 2.63. The van der Waals surface area contributed by atoms with Crippen molar-refractivity contribution >= 4 is 17.6 Å². The summed E-state index contributed by atoms with van der Waals surface area (Å²) in [6.45, 7) is 0.859. The van der Waals surface area contributed by atoms with Gasteiger partial charge < -0.3 is 5.11 Å². The third-order valence-corrected chi connectivity index (χ3v) is 5.24. The maximum atomic E-state index is 13.2. The van der Waals surface area contributed by atoms with E-state index in [1.807, 2.05) is 4.90 Å². The van der Waals surface area contributed by atoms with Crippen molar-refractivity contribution in [2.45, 2.75) is 25.1 Å². The van der Waals surface area contributed by atoms with Crippen LogP contribution in [0.4, 0.5) is 13.2 Å². The van der Waals surface area contributed by atoms with Crippen LogP contribution in [0.2, 0.25) is 5.02 Å². The molecule has 3 rings (SSSR count). The molecule has 0 amide bonds. The van der Waals surface area contributed by atoms with Crippen LogP contribution < -0.4 is 0 Å². The molecule has 3 nitrogen and oxygen atoms in total. The summed E-state index contributed by atoms with van der Waals surface area (Å²) in [5.74, 6) is -1.43. The lowest BCUT2D eigenvalue weighted by Crippen LogP contribution is -2.41. The summed E-state index contributed by atoms with van der Waals surface area (Å²) in [4.78, 5) is 13.4. The summed E-state index contributed by atoms with van der Waals surface area (Å²) < 4.78 is 39.6. The fraction of sp³-hybridized carbons (Fsp3) is 0.350. The summed E-state index contributed by atoms with van der Waals surface area (Å²) in [7, 11) is 0. The number of halogens is 4. The van der Waals surface area contributed by atoms with E-state index in [-0.39, 0.29) is 6.54 Å². The summed E-state index contributed by atoms with van der Waals surface area (Å²) in [6.07, 6.45) is -3.23. The molecule has 0 radical (unpaired) electrons. The van der Waals surface area contributed by atoms with Crippen LogP contribution in [0.15, 0.2) is 48.5 Å². The number of benzene rings is 2. The van der Waals surface area contributed by atoms with Gasteiger partial charge in [0.1, 0.15) is 0 Å². The molecular weight excluding hydrogens is 379 g/mol. The van der Waals surface area contributed by atoms with Crippen molar-refractivity contribution < 1.29 is 23.1 Å². The Kier molecular flexibility index (Phi) is 5.77. The maximum Gasteiger partial charge on any atom is 0.416 e. The van der Waals surface area contributed by atoms with E-state index in [2.05, 4.69) is 0 Å². The highest BCUT2D eigenvalue weighted by atomic mass is 35.5. The number of aliphatic carboxylic acids is 1. The molecule has 1 saturated heterocycles. The summed E-state index contributed by atoms with van der Waals surface area (Å²) in [5.41, 5.74) is 0.386. The lowest BCUT2D eigenvalue weighted by atomic mass is 9.90. The topological polar surface area (TPSA) is 40.5 Å². The Morgan fingerprint density at radius 2 is 1.93 bits per heavy atom. The van der Waals surface area contributed by atoms with Gasteiger partial charge in [0, 0.05) is 11.6 Å². The Morgan fingerprint density at radius 3 is 2.59 bits per heavy atom. The van der Waals surface area contributed by atoms with E-state index in [4.69, 9.17) is 11.6 Å². The largest absolute Gasteiger partial charge is 0.481 e. The Balaban J connectivity index is 2.06. The molecule has 144 valence electrons. The van der Waals surface area contributed by atoms with E-state index in [1.54, 1.807) is 30.3 Å². The van der Waals surface area contributed by atoms with E-state index in [0.29, 0.717) is 35.5 Å². The van der Waals surface area contributed by atoms with Crippen LogP contribution in [0.3, 0.4) is 0 Å². The van der Waals surface area contributed by atoms with E-state index < -0.39 is 29.7 Å². The van der Waals surface area contributed by atoms with E-state index >= 15 is 0 Å². The van der Waals surface area contributed by atoms with Crippen LogP contribution in [-0.2, 0) is 11.0 Å². The minimum atomic E-state index is -4.45. The molecule has 2 aromatic rings. The average molecular weight is 398 g/mol. The fourth-order valence-corrected chi connectivity index (χ4v) is 3.85. The van der Waals surface area contributed by atoms with Gasteiger partial charge in [0.05, 0.1) is 17.5 Å². The highest BCUT2D eigenvalue weighted by molar-refractivity contribution is 6.31. The Morgan fingerprint density at radius 1 is 1.19 bits per heavy atom. The van der Waals surface area contributed by atoms with Crippen LogP contribution in [0, 0.1) is 5.92 Å². The second-order valence-electron chi connectivity index (χ2n) is 6.72. The quantitative estimate of drug-likeness (QED) is 0.766. The third-order valence-electron chi connectivity index (χ3n) is 4.90. The number of nitrogens with zero attached hydrogens (tertiary/aromatic N) is 1. The van der Waals surface area contributed by atoms with Crippen molar-refractivity contribution in [1.29, 1.82) is 0 Å². The number of likely N-dealkylation sites (tertiary alicyclic amines) is 1. The van der Waals surface area contributed by atoms with Crippen molar-refractivity contribution in [3.05, 3.63) is 70.2 Å². The number of piperidine rings is 1. The standard InChI is InChI=1S/C20H19ClF3NO2/c21-17-9-2-1-8-16(17)18(25-10-4-6-14(12-25)19(26)27)13-5-3-7-15(11-13)20(22,23)24/h1-3,5,7-9,11,14,18H,4,6,10,12H2,(H,26,27). The van der Waals surface area contributed by atoms with Crippen LogP contribution >= 0.6 is 11.6 Å². The lowest BCUT2D eigenvalue weighted by molar-refractivity contribution is -0.143. The van der Waals surface area contributed by atoms with Gasteiger partial charge in [-0.2, -0.15) is 13.2 Å². The van der Waals surface area contributed by atoms with Gasteiger partial charge in [0.2, 0.25) is 0 Å². The Bertz CT molecular complexity index is 825. The number of hydrogen-bond acceptors (Lipinski definition) is 2. The zero-order valence-electron chi connectivity index (χ0n) is 14.4. The smallest absolute Gasteiger partial charge is 0.416 e. The molecule has 2 aromatic carbocycles. The monoisotopic (exact) mass is 397 g/mol. The van der Waals surface area contributed by atoms with E-state index in [9.17, 15) is 23.1 Å². The van der Waals surface area contributed by atoms with Crippen LogP contribution in [-0.4, -0.2) is 29.1 Å². The molecule has 1 N–H and O–H groups in total. The number of rotatable bonds is 4. The molecule has 0 saturated carbocycles. The maximum absolute atomic E-state index is 13.2. The van der Waals surface area contributed by atoms with E-state index in [1.165, 1.54) is 6.07 Å². The van der Waals surface area contributed by atoms with E-state index in [0.717, 1.165) is 12.1 Å². The first-order valence-corrected chi connectivity index (χ1v) is 9.03. The first-order valence-electron chi connectivity index (χ1n) is 8.66. The van der Waals surface area contributed by atoms with Gasteiger partial charge in [-0.3, -0.25) is 9.69 Å². The molecule has 0 spiro atoms. The minimum Gasteiger partial charge on any atom is -0.481 e. The second-order valence-corrected chi connectivity index (χ2v) is 7.13. The zero-order chi connectivity index (χ0) is 19.6. The first kappa shape index (κ1) is 19.7. The van der Waals surface area contributed by atoms with Crippen molar-refractivity contribution in [2.75, 3.05) is 13.1 Å². The molecule has 1 fully saturated rings. The highest BCUT2D eigenvalue weighted by Crippen LogP contribution is 2.38. The van der Waals surface area contributed by atoms with Crippen molar-refractivity contribution in [3.8, 4) is 0 Å². The summed E-state index contributed by atoms with van der Waals surface area (Å²) in [5, 5.41) is 9.82. The normalized spacial score (nSPS) is 19.6. The molecule has 0 aliphatic carbocycles. The SMILES string of the molecule is O=C(O)C1CCCN(C(c2cccc(C(F)(F)F)c2)c2ccccc2Cl)C1. The molecule has 27 heavy (non-hydrogen) atoms. The van der Waals surface area contributed by atoms with Gasteiger partial charge in [0.25, 0.3) is 0 Å². The summed E-state index contributed by atoms with van der Waals surface area (Å²) in [6, 6.07) is 11.6. The fourth-order valence-electron chi connectivity index (χ4n) is 3.61. The van der Waals surface area contributed by atoms with Gasteiger partial charge in [-0.25, -0.2) is 0 Å². The molecule has 1 aliphatic rings. The van der Waals surface area contributed by atoms with Crippen LogP contribution in [0.5, 0.6) is 0 Å². The van der Waals surface area contributed by atoms with Gasteiger partial charge in [-0.15, -0.1) is 0 Å². The predicted octanol–water partition coefficient (Wildman–Crippen LogP) is 5.24. The zero-order valence-corrected chi connectivity index (χ0v) is 15.2. The molecule has 1 aliphatic heterocycles. The van der Waals surface area contributed by atoms with Gasteiger partial charge >= 0.3 is 12.1 Å². The first-order chi connectivity index (χ1) is 12.8. The molecule has 0 bridgehead atoms. The molecular formula is C20H19ClF3NO2. The van der Waals surface area contributed by atoms with Crippen molar-refractivity contribution in [2.24, 2.45) is 5.92 Å². The van der Waals surface area contributed by atoms with Crippen molar-refractivity contribution in [3.63, 3.8) is 0 Å². The van der Waals surface area contributed by atoms with Crippen LogP contribution in [0.1, 0.15) is 35.6 Å². The minimum absolute atomic E-state index is 0.265. The number of alkyl halides is 3.